The average molecular weight is 584 g/mol. The Bertz CT molecular complexity index is 1010. The van der Waals surface area contributed by atoms with E-state index in [1.807, 2.05) is 0 Å². The van der Waals surface area contributed by atoms with Crippen molar-refractivity contribution in [3.8, 4) is 0 Å². The lowest BCUT2D eigenvalue weighted by atomic mass is 9.91. The van der Waals surface area contributed by atoms with Gasteiger partial charge in [-0.3, -0.25) is 4.79 Å². The van der Waals surface area contributed by atoms with Gasteiger partial charge in [-0.1, -0.05) is 69.0 Å². The van der Waals surface area contributed by atoms with Crippen molar-refractivity contribution in [1.82, 2.24) is 5.32 Å². The van der Waals surface area contributed by atoms with Gasteiger partial charge in [-0.05, 0) is 73.7 Å². The van der Waals surface area contributed by atoms with E-state index >= 15 is 0 Å². The molecule has 1 saturated heterocycles. The molecule has 2 nitrogen and oxygen atoms in total. The third-order valence-corrected chi connectivity index (χ3v) is 7.58. The SMILES string of the molecule is O=C(CCC1CCNCC1)c1ccc(/C=C/C(c2cc(Cl)c(Cl)c(Cl)c2)C(F)(F)F)cc1Br. The third-order valence-electron chi connectivity index (χ3n) is 5.73. The van der Waals surface area contributed by atoms with Gasteiger partial charge in [0.1, 0.15) is 0 Å². The molecule has 0 amide bonds. The first-order chi connectivity index (χ1) is 15.6. The molecular weight excluding hydrogens is 562 g/mol. The number of rotatable bonds is 7. The number of carbonyl (C=O) groups excluding carboxylic acids is 1. The standard InChI is InChI=1S/C24H22BrCl3F3NO/c25-19-11-15(1-4-17(19)22(33)6-3-14-7-9-32-10-8-14)2-5-18(24(29,30)31)16-12-20(26)23(28)21(27)13-16/h1-2,4-5,11-14,18,32H,3,6-10H2/b5-2+. The van der Waals surface area contributed by atoms with Crippen LogP contribution in [-0.2, 0) is 0 Å². The highest BCUT2D eigenvalue weighted by Gasteiger charge is 2.39. The lowest BCUT2D eigenvalue weighted by Crippen LogP contribution is -2.28. The summed E-state index contributed by atoms with van der Waals surface area (Å²) in [6, 6.07) is 7.25. The number of benzene rings is 2. The summed E-state index contributed by atoms with van der Waals surface area (Å²) in [4.78, 5) is 12.6. The number of hydrogen-bond donors (Lipinski definition) is 1. The largest absolute Gasteiger partial charge is 0.399 e. The number of Topliss-reactive ketones (excluding diaryl/α,β-unsaturated/α-hetero) is 1. The number of piperidine rings is 1. The Morgan fingerprint density at radius 3 is 2.33 bits per heavy atom. The summed E-state index contributed by atoms with van der Waals surface area (Å²) in [6.45, 7) is 1.97. The van der Waals surface area contributed by atoms with Crippen LogP contribution in [0, 0.1) is 5.92 Å². The zero-order valence-corrected chi connectivity index (χ0v) is 21.3. The lowest BCUT2D eigenvalue weighted by Gasteiger charge is -2.22. The smallest absolute Gasteiger partial charge is 0.317 e. The maximum Gasteiger partial charge on any atom is 0.399 e. The van der Waals surface area contributed by atoms with Gasteiger partial charge in [-0.25, -0.2) is 0 Å². The van der Waals surface area contributed by atoms with Crippen molar-refractivity contribution >= 4 is 62.6 Å². The van der Waals surface area contributed by atoms with Gasteiger partial charge < -0.3 is 5.32 Å². The fraction of sp³-hybridized carbons (Fsp3) is 0.375. The Kier molecular flexibility index (Phi) is 9.32. The van der Waals surface area contributed by atoms with Crippen molar-refractivity contribution in [1.29, 1.82) is 0 Å². The number of hydrogen-bond acceptors (Lipinski definition) is 2. The van der Waals surface area contributed by atoms with Crippen LogP contribution in [0.1, 0.15) is 53.1 Å². The highest BCUT2D eigenvalue weighted by Crippen LogP contribution is 2.41. The van der Waals surface area contributed by atoms with Crippen LogP contribution in [-0.4, -0.2) is 25.0 Å². The van der Waals surface area contributed by atoms with E-state index in [2.05, 4.69) is 21.2 Å². The summed E-state index contributed by atoms with van der Waals surface area (Å²) >= 11 is 21.1. The number of ketones is 1. The number of halogens is 7. The van der Waals surface area contributed by atoms with Crippen LogP contribution in [0.15, 0.2) is 40.9 Å². The molecule has 1 aliphatic rings. The summed E-state index contributed by atoms with van der Waals surface area (Å²) in [5.41, 5.74) is 0.948. The van der Waals surface area contributed by atoms with Crippen LogP contribution in [0.5, 0.6) is 0 Å². The van der Waals surface area contributed by atoms with Crippen LogP contribution < -0.4 is 5.32 Å². The molecule has 33 heavy (non-hydrogen) atoms. The van der Waals surface area contributed by atoms with Gasteiger partial charge in [-0.15, -0.1) is 0 Å². The van der Waals surface area contributed by atoms with Crippen molar-refractivity contribution in [3.63, 3.8) is 0 Å². The van der Waals surface area contributed by atoms with Gasteiger partial charge in [0.05, 0.1) is 21.0 Å². The van der Waals surface area contributed by atoms with Crippen molar-refractivity contribution < 1.29 is 18.0 Å². The van der Waals surface area contributed by atoms with Crippen LogP contribution in [0.4, 0.5) is 13.2 Å². The molecule has 1 atom stereocenters. The number of carbonyl (C=O) groups is 1. The molecule has 1 unspecified atom stereocenters. The van der Waals surface area contributed by atoms with Crippen LogP contribution in [0.25, 0.3) is 6.08 Å². The van der Waals surface area contributed by atoms with E-state index in [-0.39, 0.29) is 26.4 Å². The quantitative estimate of drug-likeness (QED) is 0.261. The van der Waals surface area contributed by atoms with E-state index in [9.17, 15) is 18.0 Å². The molecule has 0 saturated carbocycles. The third kappa shape index (κ3) is 7.22. The minimum atomic E-state index is -4.56. The average Bonchev–Trinajstić information content (AvgIpc) is 2.75. The molecule has 1 heterocycles. The maximum absolute atomic E-state index is 13.7. The zero-order chi connectivity index (χ0) is 24.2. The second-order valence-corrected chi connectivity index (χ2v) is 10.1. The molecule has 1 N–H and O–H groups in total. The van der Waals surface area contributed by atoms with Gasteiger partial charge >= 0.3 is 6.18 Å². The molecule has 2 aromatic carbocycles. The summed E-state index contributed by atoms with van der Waals surface area (Å²) in [7, 11) is 0. The fourth-order valence-electron chi connectivity index (χ4n) is 3.87. The van der Waals surface area contributed by atoms with Gasteiger partial charge in [0.15, 0.2) is 5.78 Å². The van der Waals surface area contributed by atoms with Crippen LogP contribution in [0.3, 0.4) is 0 Å². The highest BCUT2D eigenvalue weighted by molar-refractivity contribution is 9.10. The predicted molar refractivity (Wildman–Crippen MR) is 133 cm³/mol. The molecule has 0 spiro atoms. The second-order valence-electron chi connectivity index (χ2n) is 8.07. The summed E-state index contributed by atoms with van der Waals surface area (Å²) < 4.78 is 41.8. The van der Waals surface area contributed by atoms with E-state index in [4.69, 9.17) is 34.8 Å². The van der Waals surface area contributed by atoms with E-state index in [1.54, 1.807) is 18.2 Å². The number of alkyl halides is 3. The molecule has 9 heteroatoms. The minimum absolute atomic E-state index is 0.0105. The Morgan fingerprint density at radius 2 is 1.76 bits per heavy atom. The maximum atomic E-state index is 13.7. The fourth-order valence-corrected chi connectivity index (χ4v) is 5.10. The highest BCUT2D eigenvalue weighted by atomic mass is 79.9. The van der Waals surface area contributed by atoms with E-state index in [0.29, 0.717) is 27.9 Å². The van der Waals surface area contributed by atoms with Gasteiger partial charge in [0, 0.05) is 16.5 Å². The van der Waals surface area contributed by atoms with Gasteiger partial charge in [0.2, 0.25) is 0 Å². The van der Waals surface area contributed by atoms with Gasteiger partial charge in [0.25, 0.3) is 0 Å². The molecule has 0 aliphatic carbocycles. The van der Waals surface area contributed by atoms with Crippen molar-refractivity contribution in [3.05, 3.63) is 72.6 Å². The number of nitrogens with one attached hydrogen (secondary N) is 1. The Hall–Kier alpha value is -1.05. The molecule has 0 bridgehead atoms. The van der Waals surface area contributed by atoms with E-state index in [1.165, 1.54) is 18.2 Å². The molecule has 178 valence electrons. The molecule has 2 aromatic rings. The summed E-state index contributed by atoms with van der Waals surface area (Å²) in [5, 5.41) is 3.23. The summed E-state index contributed by atoms with van der Waals surface area (Å²) in [5.74, 6) is -1.35. The van der Waals surface area contributed by atoms with E-state index < -0.39 is 12.1 Å². The van der Waals surface area contributed by atoms with E-state index in [0.717, 1.165) is 38.4 Å². The Balaban J connectivity index is 1.75. The predicted octanol–water partition coefficient (Wildman–Crippen LogP) is 8.73. The number of allylic oxidation sites excluding steroid dienone is 1. The van der Waals surface area contributed by atoms with Crippen molar-refractivity contribution in [2.45, 2.75) is 37.8 Å². The lowest BCUT2D eigenvalue weighted by molar-refractivity contribution is -0.139. The van der Waals surface area contributed by atoms with Gasteiger partial charge in [-0.2, -0.15) is 13.2 Å². The molecule has 3 rings (SSSR count). The van der Waals surface area contributed by atoms with Crippen molar-refractivity contribution in [2.75, 3.05) is 13.1 Å². The molecular formula is C24H22BrCl3F3NO. The first kappa shape index (κ1) is 26.6. The summed E-state index contributed by atoms with van der Waals surface area (Å²) in [6.07, 6.45) is 1.28. The monoisotopic (exact) mass is 581 g/mol. The van der Waals surface area contributed by atoms with Crippen molar-refractivity contribution in [2.24, 2.45) is 5.92 Å². The Morgan fingerprint density at radius 1 is 1.12 bits per heavy atom. The minimum Gasteiger partial charge on any atom is -0.317 e. The topological polar surface area (TPSA) is 29.1 Å². The first-order valence-electron chi connectivity index (χ1n) is 10.5. The van der Waals surface area contributed by atoms with Crippen LogP contribution >= 0.6 is 50.7 Å². The molecule has 0 aromatic heterocycles. The molecule has 1 fully saturated rings. The second kappa shape index (κ2) is 11.6. The Labute approximate surface area is 214 Å². The first-order valence-corrected chi connectivity index (χ1v) is 12.4. The van der Waals surface area contributed by atoms with Crippen LogP contribution in [0.2, 0.25) is 15.1 Å². The zero-order valence-electron chi connectivity index (χ0n) is 17.5. The normalized spacial score (nSPS) is 16.3. The molecule has 0 radical (unpaired) electrons. The molecule has 1 aliphatic heterocycles.